The highest BCUT2D eigenvalue weighted by atomic mass is 79.9. The molecule has 0 bridgehead atoms. The Morgan fingerprint density at radius 3 is 3.05 bits per heavy atom. The largest absolute Gasteiger partial charge is 0.378 e. The lowest BCUT2D eigenvalue weighted by Crippen LogP contribution is -2.24. The van der Waals surface area contributed by atoms with Crippen LogP contribution in [-0.2, 0) is 4.74 Å². The lowest BCUT2D eigenvalue weighted by Gasteiger charge is -2.22. The van der Waals surface area contributed by atoms with Crippen LogP contribution in [0.25, 0.3) is 0 Å². The highest BCUT2D eigenvalue weighted by Crippen LogP contribution is 2.31. The van der Waals surface area contributed by atoms with Gasteiger partial charge in [-0.15, -0.1) is 0 Å². The Balaban J connectivity index is 2.02. The van der Waals surface area contributed by atoms with Crippen LogP contribution >= 0.6 is 27.5 Å². The van der Waals surface area contributed by atoms with Crippen molar-refractivity contribution in [2.24, 2.45) is 0 Å². The van der Waals surface area contributed by atoms with Gasteiger partial charge in [-0.2, -0.15) is 0 Å². The third-order valence-electron chi connectivity index (χ3n) is 3.78. The minimum atomic E-state index is 0.340. The van der Waals surface area contributed by atoms with E-state index in [9.17, 15) is 0 Å². The molecule has 1 heterocycles. The van der Waals surface area contributed by atoms with E-state index in [1.165, 1.54) is 18.4 Å². The smallest absolute Gasteiger partial charge is 0.0576 e. The van der Waals surface area contributed by atoms with Crippen LogP contribution in [0.5, 0.6) is 0 Å². The van der Waals surface area contributed by atoms with E-state index in [2.05, 4.69) is 34.2 Å². The van der Waals surface area contributed by atoms with Crippen LogP contribution in [0.3, 0.4) is 0 Å². The highest BCUT2D eigenvalue weighted by molar-refractivity contribution is 9.10. The summed E-state index contributed by atoms with van der Waals surface area (Å²) in [6, 6.07) is 6.36. The zero-order chi connectivity index (χ0) is 14.4. The van der Waals surface area contributed by atoms with Crippen LogP contribution in [0.2, 0.25) is 5.02 Å². The molecule has 2 unspecified atom stereocenters. The van der Waals surface area contributed by atoms with Crippen molar-refractivity contribution in [2.45, 2.75) is 51.2 Å². The number of hydrogen-bond donors (Lipinski definition) is 1. The summed E-state index contributed by atoms with van der Waals surface area (Å²) in [5.74, 6) is 0. The molecule has 0 aromatic heterocycles. The van der Waals surface area contributed by atoms with E-state index >= 15 is 0 Å². The Hall–Kier alpha value is -0.0900. The van der Waals surface area contributed by atoms with Crippen LogP contribution in [0.15, 0.2) is 22.7 Å². The number of ether oxygens (including phenoxy) is 1. The molecule has 0 radical (unpaired) electrons. The molecule has 0 spiro atoms. The molecule has 1 aliphatic rings. The maximum Gasteiger partial charge on any atom is 0.0576 e. The molecular weight excluding hydrogens is 338 g/mol. The van der Waals surface area contributed by atoms with E-state index in [1.807, 2.05) is 12.1 Å². The molecule has 1 aromatic carbocycles. The van der Waals surface area contributed by atoms with Crippen molar-refractivity contribution in [3.8, 4) is 0 Å². The van der Waals surface area contributed by atoms with Crippen molar-refractivity contribution in [1.82, 2.24) is 5.32 Å². The van der Waals surface area contributed by atoms with Crippen LogP contribution in [0.1, 0.15) is 50.6 Å². The van der Waals surface area contributed by atoms with Gasteiger partial charge in [0.05, 0.1) is 6.10 Å². The molecule has 1 aliphatic heterocycles. The van der Waals surface area contributed by atoms with E-state index in [0.29, 0.717) is 12.1 Å². The zero-order valence-corrected chi connectivity index (χ0v) is 14.3. The Labute approximate surface area is 135 Å². The molecule has 1 N–H and O–H groups in total. The second kappa shape index (κ2) is 8.38. The van der Waals surface area contributed by atoms with Gasteiger partial charge in [0.1, 0.15) is 0 Å². The Bertz CT molecular complexity index is 421. The lowest BCUT2D eigenvalue weighted by atomic mass is 9.99. The van der Waals surface area contributed by atoms with Crippen LogP contribution in [-0.4, -0.2) is 19.3 Å². The van der Waals surface area contributed by atoms with Crippen molar-refractivity contribution in [3.05, 3.63) is 33.3 Å². The average molecular weight is 361 g/mol. The van der Waals surface area contributed by atoms with Crippen LogP contribution in [0.4, 0.5) is 0 Å². The molecule has 2 rings (SSSR count). The molecule has 1 fully saturated rings. The molecule has 1 saturated heterocycles. The van der Waals surface area contributed by atoms with E-state index < -0.39 is 0 Å². The Kier molecular flexibility index (Phi) is 6.82. The maximum atomic E-state index is 6.15. The van der Waals surface area contributed by atoms with Gasteiger partial charge in [0.25, 0.3) is 0 Å². The van der Waals surface area contributed by atoms with E-state index in [4.69, 9.17) is 16.3 Å². The van der Waals surface area contributed by atoms with E-state index in [0.717, 1.165) is 41.9 Å². The molecule has 4 heteroatoms. The van der Waals surface area contributed by atoms with Gasteiger partial charge >= 0.3 is 0 Å². The molecule has 2 nitrogen and oxygen atoms in total. The molecular formula is C16H23BrClNO. The molecule has 0 amide bonds. The summed E-state index contributed by atoms with van der Waals surface area (Å²) in [6.07, 6.45) is 6.19. The summed E-state index contributed by atoms with van der Waals surface area (Å²) >= 11 is 9.80. The number of halogens is 2. The first-order valence-corrected chi connectivity index (χ1v) is 8.67. The maximum absolute atomic E-state index is 6.15. The van der Waals surface area contributed by atoms with Gasteiger partial charge in [0, 0.05) is 22.1 Å². The van der Waals surface area contributed by atoms with E-state index in [1.54, 1.807) is 0 Å². The fourth-order valence-corrected chi connectivity index (χ4v) is 3.40. The van der Waals surface area contributed by atoms with Crippen molar-refractivity contribution in [3.63, 3.8) is 0 Å². The van der Waals surface area contributed by atoms with Crippen molar-refractivity contribution in [2.75, 3.05) is 13.2 Å². The minimum absolute atomic E-state index is 0.340. The van der Waals surface area contributed by atoms with Crippen LogP contribution < -0.4 is 5.32 Å². The average Bonchev–Trinajstić information content (AvgIpc) is 2.95. The van der Waals surface area contributed by atoms with Crippen molar-refractivity contribution < 1.29 is 4.74 Å². The molecule has 112 valence electrons. The third-order valence-corrected chi connectivity index (χ3v) is 4.73. The Morgan fingerprint density at radius 2 is 2.35 bits per heavy atom. The predicted molar refractivity (Wildman–Crippen MR) is 88.4 cm³/mol. The second-order valence-electron chi connectivity index (χ2n) is 5.38. The number of rotatable bonds is 7. The molecule has 20 heavy (non-hydrogen) atoms. The van der Waals surface area contributed by atoms with Gasteiger partial charge in [-0.05, 0) is 62.4 Å². The van der Waals surface area contributed by atoms with Gasteiger partial charge in [0.15, 0.2) is 0 Å². The van der Waals surface area contributed by atoms with Gasteiger partial charge in [0.2, 0.25) is 0 Å². The SMILES string of the molecule is CCCNC(CCC1CCCO1)c1cc(Cl)ccc1Br. The fourth-order valence-electron chi connectivity index (χ4n) is 2.69. The van der Waals surface area contributed by atoms with Gasteiger partial charge in [-0.1, -0.05) is 34.5 Å². The second-order valence-corrected chi connectivity index (χ2v) is 6.68. The third kappa shape index (κ3) is 4.73. The topological polar surface area (TPSA) is 21.3 Å². The van der Waals surface area contributed by atoms with E-state index in [-0.39, 0.29) is 0 Å². The van der Waals surface area contributed by atoms with Crippen molar-refractivity contribution >= 4 is 27.5 Å². The predicted octanol–water partition coefficient (Wildman–Crippen LogP) is 5.10. The lowest BCUT2D eigenvalue weighted by molar-refractivity contribution is 0.0995. The van der Waals surface area contributed by atoms with Crippen LogP contribution in [0, 0.1) is 0 Å². The normalized spacial score (nSPS) is 20.2. The summed E-state index contributed by atoms with van der Waals surface area (Å²) < 4.78 is 6.86. The minimum Gasteiger partial charge on any atom is -0.378 e. The summed E-state index contributed by atoms with van der Waals surface area (Å²) in [4.78, 5) is 0. The summed E-state index contributed by atoms with van der Waals surface area (Å²) in [5, 5.41) is 4.43. The first kappa shape index (κ1) is 16.3. The number of benzene rings is 1. The number of nitrogens with one attached hydrogen (secondary N) is 1. The van der Waals surface area contributed by atoms with Gasteiger partial charge in [-0.3, -0.25) is 0 Å². The summed E-state index contributed by atoms with van der Waals surface area (Å²) in [6.45, 7) is 4.14. The highest BCUT2D eigenvalue weighted by Gasteiger charge is 2.20. The fraction of sp³-hybridized carbons (Fsp3) is 0.625. The molecule has 0 aliphatic carbocycles. The molecule has 0 saturated carbocycles. The quantitative estimate of drug-likeness (QED) is 0.730. The summed E-state index contributed by atoms with van der Waals surface area (Å²) in [7, 11) is 0. The van der Waals surface area contributed by atoms with Crippen molar-refractivity contribution in [1.29, 1.82) is 0 Å². The van der Waals surface area contributed by atoms with Gasteiger partial charge < -0.3 is 10.1 Å². The zero-order valence-electron chi connectivity index (χ0n) is 12.0. The first-order chi connectivity index (χ1) is 9.70. The molecule has 1 aromatic rings. The summed E-state index contributed by atoms with van der Waals surface area (Å²) in [5.41, 5.74) is 1.25. The molecule has 2 atom stereocenters. The first-order valence-electron chi connectivity index (χ1n) is 7.50. The Morgan fingerprint density at radius 1 is 1.50 bits per heavy atom. The monoisotopic (exact) mass is 359 g/mol. The number of hydrogen-bond acceptors (Lipinski definition) is 2. The van der Waals surface area contributed by atoms with Gasteiger partial charge in [-0.25, -0.2) is 0 Å². The standard InChI is InChI=1S/C16H23BrClNO/c1-2-9-19-16(8-6-13-4-3-10-20-13)14-11-12(18)5-7-15(14)17/h5,7,11,13,16,19H,2-4,6,8-10H2,1H3.